The van der Waals surface area contributed by atoms with Gasteiger partial charge < -0.3 is 20.0 Å². The molecule has 1 aliphatic heterocycles. The maximum absolute atomic E-state index is 12.6. The second-order valence-electron chi connectivity index (χ2n) is 5.56. The van der Waals surface area contributed by atoms with E-state index in [0.29, 0.717) is 17.2 Å². The van der Waals surface area contributed by atoms with Gasteiger partial charge in [-0.2, -0.15) is 4.74 Å². The summed E-state index contributed by atoms with van der Waals surface area (Å²) in [5.41, 5.74) is 1.74. The lowest BCUT2D eigenvalue weighted by atomic mass is 9.93. The van der Waals surface area contributed by atoms with Crippen molar-refractivity contribution < 1.29 is 14.2 Å². The van der Waals surface area contributed by atoms with Crippen molar-refractivity contribution in [2.45, 2.75) is 33.4 Å². The molecule has 0 saturated heterocycles. The molecule has 0 aliphatic carbocycles. The maximum atomic E-state index is 12.6. The molecule has 1 N–H and O–H groups in total. The van der Waals surface area contributed by atoms with E-state index >= 15 is 0 Å². The molecule has 20 heavy (non-hydrogen) atoms. The minimum absolute atomic E-state index is 0.149. The van der Waals surface area contributed by atoms with Crippen LogP contribution in [-0.4, -0.2) is 30.3 Å². The Balaban J connectivity index is 2.64. The number of methoxy groups -OCH3 is 2. The van der Waals surface area contributed by atoms with Crippen LogP contribution in [0, 0.1) is 11.1 Å². The number of ether oxygens (including phenoxy) is 2. The molecule has 0 aromatic heterocycles. The first-order valence-corrected chi connectivity index (χ1v) is 6.70. The second kappa shape index (κ2) is 4.89. The topological polar surface area (TPSA) is 56.6 Å². The predicted molar refractivity (Wildman–Crippen MR) is 79.8 cm³/mol. The van der Waals surface area contributed by atoms with E-state index in [1.807, 2.05) is 39.8 Å². The van der Waals surface area contributed by atoms with E-state index in [9.17, 15) is 5.21 Å². The van der Waals surface area contributed by atoms with E-state index in [4.69, 9.17) is 9.47 Å². The van der Waals surface area contributed by atoms with Gasteiger partial charge in [0.2, 0.25) is 5.66 Å². The van der Waals surface area contributed by atoms with Crippen LogP contribution in [0.15, 0.2) is 12.1 Å². The third-order valence-electron chi connectivity index (χ3n) is 4.15. The van der Waals surface area contributed by atoms with Crippen molar-refractivity contribution in [3.05, 3.63) is 22.9 Å². The number of nitrogens with one attached hydrogen (secondary N) is 1. The van der Waals surface area contributed by atoms with Crippen LogP contribution in [0.5, 0.6) is 11.5 Å². The van der Waals surface area contributed by atoms with Crippen molar-refractivity contribution in [2.75, 3.05) is 19.5 Å². The van der Waals surface area contributed by atoms with Crippen molar-refractivity contribution >= 4 is 11.4 Å². The third kappa shape index (κ3) is 1.97. The smallest absolute Gasteiger partial charge is 0.245 e. The number of anilines is 1. The summed E-state index contributed by atoms with van der Waals surface area (Å²) in [6.45, 7) is 7.79. The van der Waals surface area contributed by atoms with E-state index in [1.165, 1.54) is 0 Å². The monoisotopic (exact) mass is 278 g/mol. The molecule has 0 fully saturated rings. The summed E-state index contributed by atoms with van der Waals surface area (Å²) in [5.74, 6) is 1.42. The van der Waals surface area contributed by atoms with Crippen molar-refractivity contribution in [2.24, 2.45) is 5.92 Å². The van der Waals surface area contributed by atoms with Gasteiger partial charge >= 0.3 is 0 Å². The van der Waals surface area contributed by atoms with E-state index in [0.717, 1.165) is 16.0 Å². The molecule has 0 amide bonds. The largest absolute Gasteiger partial charge is 0.622 e. The lowest BCUT2D eigenvalue weighted by molar-refractivity contribution is -0.547. The molecule has 0 spiro atoms. The van der Waals surface area contributed by atoms with Gasteiger partial charge in [-0.25, -0.2) is 0 Å². The molecular formula is C15H22N2O3. The Labute approximate surface area is 119 Å². The van der Waals surface area contributed by atoms with Gasteiger partial charge in [-0.1, -0.05) is 13.8 Å². The zero-order chi connectivity index (χ0) is 15.1. The van der Waals surface area contributed by atoms with Gasteiger partial charge in [0.15, 0.2) is 17.2 Å². The number of hydrogen-bond acceptors (Lipinski definition) is 4. The Morgan fingerprint density at radius 1 is 1.20 bits per heavy atom. The number of fused-ring (bicyclic) bond motifs is 1. The molecule has 1 aliphatic rings. The van der Waals surface area contributed by atoms with Crippen LogP contribution in [0.4, 0.5) is 5.69 Å². The average Bonchev–Trinajstić information content (AvgIpc) is 2.43. The third-order valence-corrected chi connectivity index (χ3v) is 4.15. The van der Waals surface area contributed by atoms with Gasteiger partial charge in [-0.15, -0.1) is 0 Å². The van der Waals surface area contributed by atoms with Crippen LogP contribution in [0.25, 0.3) is 0 Å². The molecule has 1 aromatic carbocycles. The van der Waals surface area contributed by atoms with Crippen molar-refractivity contribution in [3.63, 3.8) is 0 Å². The number of rotatable bonds is 3. The molecule has 1 unspecified atom stereocenters. The van der Waals surface area contributed by atoms with Crippen LogP contribution in [0.2, 0.25) is 0 Å². The molecule has 0 radical (unpaired) electrons. The van der Waals surface area contributed by atoms with Gasteiger partial charge in [0.1, 0.15) is 0 Å². The zero-order valence-electron chi connectivity index (χ0n) is 12.9. The van der Waals surface area contributed by atoms with E-state index in [1.54, 1.807) is 14.2 Å². The van der Waals surface area contributed by atoms with Crippen LogP contribution < -0.4 is 14.8 Å². The first kappa shape index (κ1) is 14.5. The molecule has 110 valence electrons. The highest BCUT2D eigenvalue weighted by atomic mass is 16.5. The first-order chi connectivity index (χ1) is 9.35. The molecule has 1 heterocycles. The molecule has 1 atom stereocenters. The Kier molecular flexibility index (Phi) is 3.54. The van der Waals surface area contributed by atoms with E-state index < -0.39 is 5.66 Å². The first-order valence-electron chi connectivity index (χ1n) is 6.70. The quantitative estimate of drug-likeness (QED) is 0.682. The Bertz CT molecular complexity index is 566. The fourth-order valence-electron chi connectivity index (χ4n) is 2.44. The minimum Gasteiger partial charge on any atom is -0.622 e. The summed E-state index contributed by atoms with van der Waals surface area (Å²) in [6.07, 6.45) is 0. The Morgan fingerprint density at radius 2 is 1.75 bits per heavy atom. The minimum atomic E-state index is -0.670. The highest BCUT2D eigenvalue weighted by molar-refractivity contribution is 6.02. The summed E-state index contributed by atoms with van der Waals surface area (Å²) in [5, 5.41) is 15.9. The predicted octanol–water partition coefficient (Wildman–Crippen LogP) is 2.82. The van der Waals surface area contributed by atoms with Crippen molar-refractivity contribution in [1.82, 2.24) is 0 Å². The summed E-state index contributed by atoms with van der Waals surface area (Å²) < 4.78 is 11.7. The normalized spacial score (nSPS) is 21.6. The molecule has 1 aromatic rings. The van der Waals surface area contributed by atoms with Gasteiger partial charge in [-0.3, -0.25) is 0 Å². The van der Waals surface area contributed by atoms with Gasteiger partial charge in [0.25, 0.3) is 0 Å². The maximum Gasteiger partial charge on any atom is 0.245 e. The van der Waals surface area contributed by atoms with Gasteiger partial charge in [-0.05, 0) is 6.07 Å². The van der Waals surface area contributed by atoms with Crippen LogP contribution in [-0.2, 0) is 0 Å². The summed E-state index contributed by atoms with van der Waals surface area (Å²) in [7, 11) is 3.19. The number of nitrogens with zero attached hydrogens (tertiary/aromatic N) is 1. The highest BCUT2D eigenvalue weighted by Gasteiger charge is 2.42. The fraction of sp³-hybridized carbons (Fsp3) is 0.533. The second-order valence-corrected chi connectivity index (χ2v) is 5.56. The van der Waals surface area contributed by atoms with Crippen LogP contribution in [0.1, 0.15) is 33.3 Å². The number of hydrogen-bond donors (Lipinski definition) is 1. The molecular weight excluding hydrogens is 256 g/mol. The van der Waals surface area contributed by atoms with Gasteiger partial charge in [0, 0.05) is 25.8 Å². The SMILES string of the molecule is COc1cc2c(cc1OC)C(C)=[N+]([O-])C(C)(C(C)C)N2. The fourth-order valence-corrected chi connectivity index (χ4v) is 2.44. The summed E-state index contributed by atoms with van der Waals surface area (Å²) in [4.78, 5) is 0. The Morgan fingerprint density at radius 3 is 2.25 bits per heavy atom. The Hall–Kier alpha value is -1.91. The summed E-state index contributed by atoms with van der Waals surface area (Å²) >= 11 is 0. The standard InChI is InChI=1S/C15H22N2O3/c1-9(2)15(4)16-12-8-14(20-6)13(19-5)7-11(12)10(3)17(15)18/h7-9,16H,1-6H3. The molecule has 0 saturated carbocycles. The van der Waals surface area contributed by atoms with Crippen molar-refractivity contribution in [3.8, 4) is 11.5 Å². The van der Waals surface area contributed by atoms with Crippen molar-refractivity contribution in [1.29, 1.82) is 0 Å². The molecule has 5 nitrogen and oxygen atoms in total. The van der Waals surface area contributed by atoms with Gasteiger partial charge in [0.05, 0.1) is 25.5 Å². The summed E-state index contributed by atoms with van der Waals surface area (Å²) in [6, 6.07) is 3.71. The van der Waals surface area contributed by atoms with Crippen LogP contribution >= 0.6 is 0 Å². The lowest BCUT2D eigenvalue weighted by Gasteiger charge is -2.38. The highest BCUT2D eigenvalue weighted by Crippen LogP contribution is 2.38. The molecule has 5 heteroatoms. The number of benzene rings is 1. The van der Waals surface area contributed by atoms with E-state index in [-0.39, 0.29) is 5.92 Å². The van der Waals surface area contributed by atoms with Crippen LogP contribution in [0.3, 0.4) is 0 Å². The lowest BCUT2D eigenvalue weighted by Crippen LogP contribution is -2.53. The molecule has 0 bridgehead atoms. The zero-order valence-corrected chi connectivity index (χ0v) is 12.9. The van der Waals surface area contributed by atoms with E-state index in [2.05, 4.69) is 5.32 Å². The number of hydroxylamine groups is 1. The average molecular weight is 278 g/mol. The molecule has 2 rings (SSSR count).